The fraction of sp³-hybridized carbons (Fsp3) is 0.250. The number of aromatic nitrogens is 4. The first kappa shape index (κ1) is 21.0. The van der Waals surface area contributed by atoms with Gasteiger partial charge in [-0.25, -0.2) is 23.1 Å². The Hall–Kier alpha value is -2.70. The SMILES string of the molecule is CS(=O)(=O)NCC(Nc1ncc(-c2noc(C(F)(F)Cl)n2)cn1)c1ccccc1. The first-order valence-corrected chi connectivity index (χ1v) is 10.4. The lowest BCUT2D eigenvalue weighted by Crippen LogP contribution is -2.31. The zero-order valence-corrected chi connectivity index (χ0v) is 16.5. The lowest BCUT2D eigenvalue weighted by molar-refractivity contribution is 0.0551. The topological polar surface area (TPSA) is 123 Å². The third kappa shape index (κ3) is 5.89. The number of rotatable bonds is 8. The maximum atomic E-state index is 13.0. The maximum Gasteiger partial charge on any atom is 0.400 e. The van der Waals surface area contributed by atoms with Crippen LogP contribution in [0.4, 0.5) is 14.7 Å². The second kappa shape index (κ2) is 8.35. The summed E-state index contributed by atoms with van der Waals surface area (Å²) in [5.74, 6) is -0.998. The molecule has 0 spiro atoms. The van der Waals surface area contributed by atoms with E-state index in [4.69, 9.17) is 11.6 Å². The van der Waals surface area contributed by atoms with E-state index in [0.29, 0.717) is 0 Å². The zero-order valence-electron chi connectivity index (χ0n) is 14.9. The van der Waals surface area contributed by atoms with Crippen LogP contribution in [0.2, 0.25) is 0 Å². The standard InChI is InChI=1S/C16H15ClF2N6O3S/c1-29(26,27)22-9-12(10-5-3-2-4-6-10)23-15-20-7-11(8-21-15)13-24-14(28-25-13)16(17,18)19/h2-8,12,22H,9H2,1H3,(H,20,21,23). The molecule has 0 saturated carbocycles. The summed E-state index contributed by atoms with van der Waals surface area (Å²) in [6.07, 6.45) is 3.68. The van der Waals surface area contributed by atoms with E-state index in [1.807, 2.05) is 30.3 Å². The molecule has 2 heterocycles. The molecule has 2 N–H and O–H groups in total. The first-order valence-electron chi connectivity index (χ1n) is 8.11. The Balaban J connectivity index is 1.77. The van der Waals surface area contributed by atoms with E-state index in [9.17, 15) is 17.2 Å². The minimum atomic E-state index is -3.77. The van der Waals surface area contributed by atoms with E-state index in [1.54, 1.807) is 0 Å². The van der Waals surface area contributed by atoms with Gasteiger partial charge < -0.3 is 9.84 Å². The van der Waals surface area contributed by atoms with Gasteiger partial charge in [-0.05, 0) is 17.2 Å². The molecule has 1 aromatic carbocycles. The smallest absolute Gasteiger partial charge is 0.346 e. The molecule has 1 unspecified atom stereocenters. The predicted octanol–water partition coefficient (Wildman–Crippen LogP) is 2.52. The zero-order chi connectivity index (χ0) is 21.1. The highest BCUT2D eigenvalue weighted by Gasteiger charge is 2.35. The van der Waals surface area contributed by atoms with Crippen molar-refractivity contribution in [2.75, 3.05) is 18.1 Å². The Bertz CT molecular complexity index is 1060. The van der Waals surface area contributed by atoms with Gasteiger partial charge in [0, 0.05) is 18.9 Å². The number of halogens is 3. The third-order valence-electron chi connectivity index (χ3n) is 3.63. The summed E-state index contributed by atoms with van der Waals surface area (Å²) in [5.41, 5.74) is 1.04. The van der Waals surface area contributed by atoms with Crippen LogP contribution in [0.3, 0.4) is 0 Å². The van der Waals surface area contributed by atoms with Crippen molar-refractivity contribution in [2.24, 2.45) is 0 Å². The van der Waals surface area contributed by atoms with Crippen LogP contribution in [0.15, 0.2) is 47.2 Å². The summed E-state index contributed by atoms with van der Waals surface area (Å²) in [4.78, 5) is 11.7. The molecule has 0 aliphatic rings. The summed E-state index contributed by atoms with van der Waals surface area (Å²) in [6, 6.07) is 8.65. The van der Waals surface area contributed by atoms with Crippen molar-refractivity contribution in [3.8, 4) is 11.4 Å². The average molecular weight is 445 g/mol. The van der Waals surface area contributed by atoms with Gasteiger partial charge in [-0.1, -0.05) is 35.5 Å². The van der Waals surface area contributed by atoms with Crippen LogP contribution < -0.4 is 10.0 Å². The van der Waals surface area contributed by atoms with Crippen LogP contribution in [-0.4, -0.2) is 41.3 Å². The second-order valence-electron chi connectivity index (χ2n) is 5.94. The molecule has 154 valence electrons. The number of anilines is 1. The monoisotopic (exact) mass is 444 g/mol. The maximum absolute atomic E-state index is 13.0. The summed E-state index contributed by atoms with van der Waals surface area (Å²) >= 11 is 4.84. The molecule has 0 aliphatic carbocycles. The summed E-state index contributed by atoms with van der Waals surface area (Å²) < 4.78 is 55.7. The molecule has 0 aliphatic heterocycles. The van der Waals surface area contributed by atoms with Crippen molar-refractivity contribution >= 4 is 27.6 Å². The second-order valence-corrected chi connectivity index (χ2v) is 8.25. The van der Waals surface area contributed by atoms with Crippen LogP contribution in [0.5, 0.6) is 0 Å². The van der Waals surface area contributed by atoms with Crippen LogP contribution in [0.1, 0.15) is 17.5 Å². The highest BCUT2D eigenvalue weighted by Crippen LogP contribution is 2.32. The molecular formula is C16H15ClF2N6O3S. The van der Waals surface area contributed by atoms with Crippen molar-refractivity contribution in [3.05, 3.63) is 54.2 Å². The molecule has 3 rings (SSSR count). The number of nitrogens with zero attached hydrogens (tertiary/aromatic N) is 4. The molecule has 3 aromatic rings. The van der Waals surface area contributed by atoms with Gasteiger partial charge in [-0.15, -0.1) is 0 Å². The Morgan fingerprint density at radius 1 is 1.21 bits per heavy atom. The van der Waals surface area contributed by atoms with Crippen molar-refractivity contribution in [2.45, 2.75) is 11.4 Å². The van der Waals surface area contributed by atoms with Crippen LogP contribution in [0, 0.1) is 0 Å². The van der Waals surface area contributed by atoms with E-state index >= 15 is 0 Å². The van der Waals surface area contributed by atoms with Crippen molar-refractivity contribution in [1.82, 2.24) is 24.8 Å². The Morgan fingerprint density at radius 2 is 1.86 bits per heavy atom. The minimum absolute atomic E-state index is 0.0625. The summed E-state index contributed by atoms with van der Waals surface area (Å²) in [6.45, 7) is 0.0625. The lowest BCUT2D eigenvalue weighted by atomic mass is 10.1. The minimum Gasteiger partial charge on any atom is -0.346 e. The van der Waals surface area contributed by atoms with Crippen molar-refractivity contribution in [1.29, 1.82) is 0 Å². The fourth-order valence-corrected chi connectivity index (χ4v) is 2.85. The number of hydrogen-bond donors (Lipinski definition) is 2. The highest BCUT2D eigenvalue weighted by molar-refractivity contribution is 7.88. The van der Waals surface area contributed by atoms with Crippen LogP contribution in [0.25, 0.3) is 11.4 Å². The third-order valence-corrected chi connectivity index (χ3v) is 4.49. The quantitative estimate of drug-likeness (QED) is 0.508. The van der Waals surface area contributed by atoms with Gasteiger partial charge in [0.2, 0.25) is 21.8 Å². The number of nitrogens with one attached hydrogen (secondary N) is 2. The number of alkyl halides is 3. The van der Waals surface area contributed by atoms with Gasteiger partial charge in [0.05, 0.1) is 17.9 Å². The van der Waals surface area contributed by atoms with Crippen molar-refractivity contribution < 1.29 is 21.7 Å². The fourth-order valence-electron chi connectivity index (χ4n) is 2.30. The molecule has 0 radical (unpaired) electrons. The lowest BCUT2D eigenvalue weighted by Gasteiger charge is -2.19. The van der Waals surface area contributed by atoms with Gasteiger partial charge >= 0.3 is 11.3 Å². The molecule has 9 nitrogen and oxygen atoms in total. The van der Waals surface area contributed by atoms with E-state index in [1.165, 1.54) is 12.4 Å². The van der Waals surface area contributed by atoms with Crippen molar-refractivity contribution in [3.63, 3.8) is 0 Å². The Kier molecular flexibility index (Phi) is 6.05. The van der Waals surface area contributed by atoms with Crippen LogP contribution in [-0.2, 0) is 15.4 Å². The summed E-state index contributed by atoms with van der Waals surface area (Å²) in [5, 5.41) is 2.67. The van der Waals surface area contributed by atoms with E-state index in [2.05, 4.69) is 34.7 Å². The predicted molar refractivity (Wildman–Crippen MR) is 101 cm³/mol. The first-order chi connectivity index (χ1) is 13.6. The molecule has 0 fully saturated rings. The number of sulfonamides is 1. The van der Waals surface area contributed by atoms with Gasteiger partial charge in [0.25, 0.3) is 0 Å². The Labute approximate surface area is 169 Å². The average Bonchev–Trinajstić information content (AvgIpc) is 3.16. The normalized spacial score (nSPS) is 13.2. The number of hydrogen-bond acceptors (Lipinski definition) is 8. The molecule has 13 heteroatoms. The van der Waals surface area contributed by atoms with Crippen LogP contribution >= 0.6 is 11.6 Å². The molecule has 0 bridgehead atoms. The van der Waals surface area contributed by atoms with Gasteiger partial charge in [0.1, 0.15) is 0 Å². The largest absolute Gasteiger partial charge is 0.400 e. The molecule has 0 saturated heterocycles. The molecule has 1 atom stereocenters. The number of benzene rings is 1. The molecule has 2 aromatic heterocycles. The van der Waals surface area contributed by atoms with E-state index in [-0.39, 0.29) is 23.9 Å². The molecular weight excluding hydrogens is 430 g/mol. The van der Waals surface area contributed by atoms with Gasteiger partial charge in [-0.3, -0.25) is 0 Å². The van der Waals surface area contributed by atoms with Gasteiger partial charge in [0.15, 0.2) is 0 Å². The highest BCUT2D eigenvalue weighted by atomic mass is 35.5. The van der Waals surface area contributed by atoms with E-state index < -0.39 is 27.3 Å². The summed E-state index contributed by atoms with van der Waals surface area (Å²) in [7, 11) is -3.40. The molecule has 0 amide bonds. The van der Waals surface area contributed by atoms with E-state index in [0.717, 1.165) is 11.8 Å². The Morgan fingerprint density at radius 3 is 2.41 bits per heavy atom. The van der Waals surface area contributed by atoms with Gasteiger partial charge in [-0.2, -0.15) is 13.8 Å². The molecule has 29 heavy (non-hydrogen) atoms.